The molecule has 0 aromatic heterocycles. The van der Waals surface area contributed by atoms with Gasteiger partial charge in [-0.25, -0.2) is 0 Å². The second-order valence-corrected chi connectivity index (χ2v) is 5.46. The summed E-state index contributed by atoms with van der Waals surface area (Å²) in [6, 6.07) is 6.03. The zero-order chi connectivity index (χ0) is 13.8. The number of rotatable bonds is 5. The summed E-state index contributed by atoms with van der Waals surface area (Å²) in [5.41, 5.74) is 3.19. The molecule has 0 aliphatic rings. The second-order valence-electron chi connectivity index (χ2n) is 5.46. The Kier molecular flexibility index (Phi) is 4.91. The van der Waals surface area contributed by atoms with E-state index in [1.54, 1.807) is 0 Å². The van der Waals surface area contributed by atoms with Gasteiger partial charge in [-0.15, -0.1) is 0 Å². The highest BCUT2D eigenvalue weighted by Crippen LogP contribution is 2.15. The first-order valence-corrected chi connectivity index (χ1v) is 6.46. The van der Waals surface area contributed by atoms with Crippen LogP contribution in [0.4, 0.5) is 5.69 Å². The van der Waals surface area contributed by atoms with E-state index in [4.69, 9.17) is 0 Å². The molecule has 0 radical (unpaired) electrons. The molecule has 0 aliphatic carbocycles. The number of aryl methyl sites for hydroxylation is 2. The van der Waals surface area contributed by atoms with Gasteiger partial charge in [0.15, 0.2) is 0 Å². The molecular formula is C15H24N2O. The number of carbonyl (C=O) groups excluding carboxylic acids is 1. The standard InChI is InChI=1S/C15H24N2O/c1-6-15(4,5)16-10-14(18)17-13-8-7-11(2)9-12(13)3/h7-9,16H,6,10H2,1-5H3,(H,17,18). The van der Waals surface area contributed by atoms with Crippen LogP contribution in [0.2, 0.25) is 0 Å². The van der Waals surface area contributed by atoms with Crippen LogP contribution in [0.25, 0.3) is 0 Å². The average molecular weight is 248 g/mol. The van der Waals surface area contributed by atoms with Crippen molar-refractivity contribution < 1.29 is 4.79 Å². The minimum Gasteiger partial charge on any atom is -0.325 e. The third kappa shape index (κ3) is 4.49. The zero-order valence-electron chi connectivity index (χ0n) is 12.1. The first kappa shape index (κ1) is 14.7. The highest BCUT2D eigenvalue weighted by atomic mass is 16.1. The normalized spacial score (nSPS) is 11.4. The summed E-state index contributed by atoms with van der Waals surface area (Å²) in [6.07, 6.45) is 0.990. The lowest BCUT2D eigenvalue weighted by atomic mass is 10.0. The molecule has 0 unspecified atom stereocenters. The number of hydrogen-bond acceptors (Lipinski definition) is 2. The molecule has 0 bridgehead atoms. The molecule has 2 N–H and O–H groups in total. The predicted octanol–water partition coefficient (Wildman–Crippen LogP) is 3.02. The van der Waals surface area contributed by atoms with Gasteiger partial charge in [-0.1, -0.05) is 24.6 Å². The summed E-state index contributed by atoms with van der Waals surface area (Å²) < 4.78 is 0. The van der Waals surface area contributed by atoms with E-state index in [0.29, 0.717) is 6.54 Å². The van der Waals surface area contributed by atoms with Gasteiger partial charge in [0.05, 0.1) is 6.54 Å². The molecule has 3 nitrogen and oxygen atoms in total. The summed E-state index contributed by atoms with van der Waals surface area (Å²) in [5, 5.41) is 6.18. The summed E-state index contributed by atoms with van der Waals surface area (Å²) in [6.45, 7) is 10.7. The Labute approximate surface area is 110 Å². The van der Waals surface area contributed by atoms with Gasteiger partial charge in [-0.05, 0) is 45.7 Å². The Hall–Kier alpha value is -1.35. The third-order valence-electron chi connectivity index (χ3n) is 3.27. The molecule has 0 atom stereocenters. The Morgan fingerprint density at radius 1 is 1.28 bits per heavy atom. The minimum absolute atomic E-state index is 0.000337. The molecular weight excluding hydrogens is 224 g/mol. The number of hydrogen-bond donors (Lipinski definition) is 2. The largest absolute Gasteiger partial charge is 0.325 e. The third-order valence-corrected chi connectivity index (χ3v) is 3.27. The van der Waals surface area contributed by atoms with Crippen molar-refractivity contribution in [2.45, 2.75) is 46.6 Å². The molecule has 0 fully saturated rings. The lowest BCUT2D eigenvalue weighted by Crippen LogP contribution is -2.43. The summed E-state index contributed by atoms with van der Waals surface area (Å²) in [5.74, 6) is 0.00322. The Bertz CT molecular complexity index is 425. The van der Waals surface area contributed by atoms with Crippen LogP contribution in [-0.2, 0) is 4.79 Å². The minimum atomic E-state index is -0.000337. The molecule has 0 heterocycles. The van der Waals surface area contributed by atoms with Crippen LogP contribution in [0.5, 0.6) is 0 Å². The Balaban J connectivity index is 2.55. The van der Waals surface area contributed by atoms with Crippen molar-refractivity contribution in [1.29, 1.82) is 0 Å². The lowest BCUT2D eigenvalue weighted by molar-refractivity contribution is -0.115. The van der Waals surface area contributed by atoms with Crippen LogP contribution in [0.15, 0.2) is 18.2 Å². The molecule has 3 heteroatoms. The molecule has 1 rings (SSSR count). The zero-order valence-corrected chi connectivity index (χ0v) is 12.1. The maximum atomic E-state index is 11.8. The number of nitrogens with one attached hydrogen (secondary N) is 2. The van der Waals surface area contributed by atoms with Crippen LogP contribution in [0, 0.1) is 13.8 Å². The van der Waals surface area contributed by atoms with Gasteiger partial charge in [0.25, 0.3) is 0 Å². The van der Waals surface area contributed by atoms with Crippen molar-refractivity contribution in [3.05, 3.63) is 29.3 Å². The second kappa shape index (κ2) is 6.01. The van der Waals surface area contributed by atoms with Gasteiger partial charge in [0, 0.05) is 11.2 Å². The molecule has 0 saturated heterocycles. The first-order chi connectivity index (χ1) is 8.34. The van der Waals surface area contributed by atoms with Gasteiger partial charge in [0.1, 0.15) is 0 Å². The molecule has 0 spiro atoms. The van der Waals surface area contributed by atoms with Crippen LogP contribution in [0.3, 0.4) is 0 Å². The van der Waals surface area contributed by atoms with Crippen LogP contribution in [0.1, 0.15) is 38.3 Å². The van der Waals surface area contributed by atoms with Crippen molar-refractivity contribution in [3.8, 4) is 0 Å². The number of benzene rings is 1. The first-order valence-electron chi connectivity index (χ1n) is 6.46. The van der Waals surface area contributed by atoms with Gasteiger partial charge >= 0.3 is 0 Å². The molecule has 1 aromatic rings. The summed E-state index contributed by atoms with van der Waals surface area (Å²) >= 11 is 0. The number of amides is 1. The lowest BCUT2D eigenvalue weighted by Gasteiger charge is -2.24. The van der Waals surface area contributed by atoms with Crippen LogP contribution < -0.4 is 10.6 Å². The maximum Gasteiger partial charge on any atom is 0.238 e. The van der Waals surface area contributed by atoms with E-state index in [-0.39, 0.29) is 11.4 Å². The van der Waals surface area contributed by atoms with Crippen molar-refractivity contribution in [2.75, 3.05) is 11.9 Å². The van der Waals surface area contributed by atoms with E-state index < -0.39 is 0 Å². The molecule has 1 aromatic carbocycles. The molecule has 18 heavy (non-hydrogen) atoms. The van der Waals surface area contributed by atoms with Gasteiger partial charge < -0.3 is 10.6 Å². The van der Waals surface area contributed by atoms with Crippen molar-refractivity contribution >= 4 is 11.6 Å². The van der Waals surface area contributed by atoms with E-state index in [1.807, 2.05) is 26.0 Å². The fraction of sp³-hybridized carbons (Fsp3) is 0.533. The van der Waals surface area contributed by atoms with Crippen LogP contribution in [-0.4, -0.2) is 18.0 Å². The van der Waals surface area contributed by atoms with Crippen molar-refractivity contribution in [1.82, 2.24) is 5.32 Å². The van der Waals surface area contributed by atoms with E-state index in [9.17, 15) is 4.79 Å². The topological polar surface area (TPSA) is 41.1 Å². The van der Waals surface area contributed by atoms with E-state index in [0.717, 1.165) is 17.7 Å². The average Bonchev–Trinajstić information content (AvgIpc) is 2.30. The van der Waals surface area contributed by atoms with E-state index >= 15 is 0 Å². The number of carbonyl (C=O) groups is 1. The number of anilines is 1. The molecule has 0 saturated carbocycles. The van der Waals surface area contributed by atoms with Gasteiger partial charge in [0.2, 0.25) is 5.91 Å². The maximum absolute atomic E-state index is 11.8. The van der Waals surface area contributed by atoms with Crippen LogP contribution >= 0.6 is 0 Å². The van der Waals surface area contributed by atoms with E-state index in [1.165, 1.54) is 5.56 Å². The molecule has 100 valence electrons. The quantitative estimate of drug-likeness (QED) is 0.841. The van der Waals surface area contributed by atoms with Crippen molar-refractivity contribution in [2.24, 2.45) is 0 Å². The summed E-state index contributed by atoms with van der Waals surface area (Å²) in [7, 11) is 0. The Morgan fingerprint density at radius 3 is 2.50 bits per heavy atom. The van der Waals surface area contributed by atoms with Gasteiger partial charge in [-0.2, -0.15) is 0 Å². The highest BCUT2D eigenvalue weighted by Gasteiger charge is 2.15. The highest BCUT2D eigenvalue weighted by molar-refractivity contribution is 5.93. The fourth-order valence-corrected chi connectivity index (χ4v) is 1.59. The SMILES string of the molecule is CCC(C)(C)NCC(=O)Nc1ccc(C)cc1C. The molecule has 1 amide bonds. The Morgan fingerprint density at radius 2 is 1.94 bits per heavy atom. The predicted molar refractivity (Wildman–Crippen MR) is 76.9 cm³/mol. The smallest absolute Gasteiger partial charge is 0.238 e. The molecule has 0 aliphatic heterocycles. The van der Waals surface area contributed by atoms with Gasteiger partial charge in [-0.3, -0.25) is 4.79 Å². The summed E-state index contributed by atoms with van der Waals surface area (Å²) in [4.78, 5) is 11.8. The fourth-order valence-electron chi connectivity index (χ4n) is 1.59. The van der Waals surface area contributed by atoms with E-state index in [2.05, 4.69) is 37.5 Å². The van der Waals surface area contributed by atoms with Crippen molar-refractivity contribution in [3.63, 3.8) is 0 Å². The monoisotopic (exact) mass is 248 g/mol.